The van der Waals surface area contributed by atoms with Crippen LogP contribution in [-0.2, 0) is 0 Å². The van der Waals surface area contributed by atoms with E-state index in [4.69, 9.17) is 15.9 Å². The van der Waals surface area contributed by atoms with E-state index in [0.29, 0.717) is 6.61 Å². The Morgan fingerprint density at radius 1 is 1.29 bits per heavy atom. The molecule has 0 amide bonds. The van der Waals surface area contributed by atoms with Gasteiger partial charge in [-0.3, -0.25) is 10.3 Å². The lowest BCUT2D eigenvalue weighted by molar-refractivity contribution is 0.128. The van der Waals surface area contributed by atoms with E-state index in [0.717, 1.165) is 37.0 Å². The molecule has 1 heterocycles. The number of ether oxygens (including phenoxy) is 1. The largest absolute Gasteiger partial charge is 0.492 e. The van der Waals surface area contributed by atoms with Crippen LogP contribution in [0.25, 0.3) is 0 Å². The Balaban J connectivity index is 1.69. The maximum Gasteiger partial charge on any atom is 0.122 e. The van der Waals surface area contributed by atoms with Crippen molar-refractivity contribution in [3.05, 3.63) is 29.8 Å². The first kappa shape index (κ1) is 15.8. The van der Waals surface area contributed by atoms with Gasteiger partial charge in [0.25, 0.3) is 0 Å². The molecule has 0 spiro atoms. The van der Waals surface area contributed by atoms with Crippen LogP contribution in [0.1, 0.15) is 18.4 Å². The third kappa shape index (κ3) is 4.72. The van der Waals surface area contributed by atoms with E-state index >= 15 is 0 Å². The van der Waals surface area contributed by atoms with Crippen LogP contribution in [0.3, 0.4) is 0 Å². The van der Waals surface area contributed by atoms with Gasteiger partial charge in [0.05, 0.1) is 0 Å². The lowest BCUT2D eigenvalue weighted by atomic mass is 10.0. The number of piperidine rings is 1. The summed E-state index contributed by atoms with van der Waals surface area (Å²) in [6.07, 6.45) is 2.47. The van der Waals surface area contributed by atoms with Crippen molar-refractivity contribution in [2.75, 3.05) is 40.3 Å². The molecule has 1 aliphatic heterocycles. The highest BCUT2D eigenvalue weighted by Gasteiger charge is 2.20. The predicted molar refractivity (Wildman–Crippen MR) is 86.1 cm³/mol. The van der Waals surface area contributed by atoms with E-state index in [-0.39, 0.29) is 5.84 Å². The van der Waals surface area contributed by atoms with E-state index < -0.39 is 0 Å². The first-order valence-corrected chi connectivity index (χ1v) is 7.52. The molecule has 1 aromatic rings. The van der Waals surface area contributed by atoms with Gasteiger partial charge >= 0.3 is 0 Å². The molecule has 0 radical (unpaired) electrons. The highest BCUT2D eigenvalue weighted by Crippen LogP contribution is 2.15. The molecule has 21 heavy (non-hydrogen) atoms. The standard InChI is InChI=1S/C16H26N4O/c1-19(2)14-7-9-20(10-8-14)11-12-21-15-5-3-13(4-6-15)16(17)18/h3-6,14H,7-12H2,1-2H3,(H3,17,18). The van der Waals surface area contributed by atoms with Crippen LogP contribution in [0, 0.1) is 5.41 Å². The first-order valence-electron chi connectivity index (χ1n) is 7.52. The van der Waals surface area contributed by atoms with Gasteiger partial charge in [-0.05, 0) is 64.3 Å². The summed E-state index contributed by atoms with van der Waals surface area (Å²) < 4.78 is 5.75. The maximum absolute atomic E-state index is 7.35. The molecule has 1 saturated heterocycles. The van der Waals surface area contributed by atoms with Crippen molar-refractivity contribution in [1.82, 2.24) is 9.80 Å². The summed E-state index contributed by atoms with van der Waals surface area (Å²) in [5.41, 5.74) is 6.16. The topological polar surface area (TPSA) is 65.6 Å². The molecule has 2 rings (SSSR count). The Bertz CT molecular complexity index is 450. The van der Waals surface area contributed by atoms with Crippen molar-refractivity contribution in [2.45, 2.75) is 18.9 Å². The summed E-state index contributed by atoms with van der Waals surface area (Å²) in [5.74, 6) is 0.925. The zero-order valence-electron chi connectivity index (χ0n) is 13.0. The van der Waals surface area contributed by atoms with Crippen LogP contribution in [0.5, 0.6) is 5.75 Å². The summed E-state index contributed by atoms with van der Waals surface area (Å²) in [6.45, 7) is 3.96. The van der Waals surface area contributed by atoms with Crippen molar-refractivity contribution in [2.24, 2.45) is 5.73 Å². The first-order chi connectivity index (χ1) is 10.1. The molecule has 3 N–H and O–H groups in total. The normalized spacial score (nSPS) is 17.1. The third-order valence-corrected chi connectivity index (χ3v) is 4.13. The molecule has 116 valence electrons. The van der Waals surface area contributed by atoms with Crippen molar-refractivity contribution in [1.29, 1.82) is 5.41 Å². The van der Waals surface area contributed by atoms with E-state index in [1.807, 2.05) is 24.3 Å². The average Bonchev–Trinajstić information content (AvgIpc) is 2.48. The molecule has 1 fully saturated rings. The lowest BCUT2D eigenvalue weighted by Crippen LogP contribution is -2.43. The maximum atomic E-state index is 7.35. The minimum absolute atomic E-state index is 0.0883. The quantitative estimate of drug-likeness (QED) is 0.613. The molecule has 5 nitrogen and oxygen atoms in total. The molecular weight excluding hydrogens is 264 g/mol. The van der Waals surface area contributed by atoms with Gasteiger partial charge in [0, 0.05) is 18.2 Å². The number of likely N-dealkylation sites (tertiary alicyclic amines) is 1. The molecule has 1 aromatic carbocycles. The zero-order valence-corrected chi connectivity index (χ0v) is 13.0. The van der Waals surface area contributed by atoms with Crippen LogP contribution in [0.15, 0.2) is 24.3 Å². The van der Waals surface area contributed by atoms with E-state index in [1.165, 1.54) is 12.8 Å². The second kappa shape index (κ2) is 7.43. The number of rotatable bonds is 6. The lowest BCUT2D eigenvalue weighted by Gasteiger charge is -2.35. The van der Waals surface area contributed by atoms with Crippen molar-refractivity contribution < 1.29 is 4.74 Å². The molecule has 0 atom stereocenters. The predicted octanol–water partition coefficient (Wildman–Crippen LogP) is 1.38. The third-order valence-electron chi connectivity index (χ3n) is 4.13. The number of nitrogens with zero attached hydrogens (tertiary/aromatic N) is 2. The van der Waals surface area contributed by atoms with Crippen LogP contribution in [-0.4, -0.2) is 62.0 Å². The highest BCUT2D eigenvalue weighted by molar-refractivity contribution is 5.94. The van der Waals surface area contributed by atoms with E-state index in [1.54, 1.807) is 0 Å². The van der Waals surface area contributed by atoms with Crippen LogP contribution >= 0.6 is 0 Å². The fourth-order valence-corrected chi connectivity index (χ4v) is 2.68. The smallest absolute Gasteiger partial charge is 0.122 e. The van der Waals surface area contributed by atoms with Crippen LogP contribution in [0.2, 0.25) is 0 Å². The fraction of sp³-hybridized carbons (Fsp3) is 0.562. The molecule has 1 aliphatic rings. The monoisotopic (exact) mass is 290 g/mol. The Labute approximate surface area is 127 Å². The zero-order chi connectivity index (χ0) is 15.2. The molecular formula is C16H26N4O. The highest BCUT2D eigenvalue weighted by atomic mass is 16.5. The number of hydrogen-bond donors (Lipinski definition) is 2. The number of benzene rings is 1. The van der Waals surface area contributed by atoms with E-state index in [9.17, 15) is 0 Å². The number of hydrogen-bond acceptors (Lipinski definition) is 4. The average molecular weight is 290 g/mol. The minimum atomic E-state index is 0.0883. The number of nitrogens with two attached hydrogens (primary N) is 1. The summed E-state index contributed by atoms with van der Waals surface area (Å²) in [6, 6.07) is 8.10. The molecule has 0 saturated carbocycles. The minimum Gasteiger partial charge on any atom is -0.492 e. The van der Waals surface area contributed by atoms with Gasteiger partial charge in [-0.15, -0.1) is 0 Å². The van der Waals surface area contributed by atoms with Gasteiger partial charge in [0.15, 0.2) is 0 Å². The van der Waals surface area contributed by atoms with Gasteiger partial charge in [0.1, 0.15) is 18.2 Å². The second-order valence-corrected chi connectivity index (χ2v) is 5.82. The molecule has 0 bridgehead atoms. The Morgan fingerprint density at radius 2 is 1.90 bits per heavy atom. The Hall–Kier alpha value is -1.59. The summed E-state index contributed by atoms with van der Waals surface area (Å²) in [4.78, 5) is 4.79. The number of amidine groups is 1. The van der Waals surface area contributed by atoms with Gasteiger partial charge < -0.3 is 15.4 Å². The SMILES string of the molecule is CN(C)C1CCN(CCOc2ccc(C(=N)N)cc2)CC1. The summed E-state index contributed by atoms with van der Waals surface area (Å²) >= 11 is 0. The van der Waals surface area contributed by atoms with Crippen molar-refractivity contribution in [3.63, 3.8) is 0 Å². The summed E-state index contributed by atoms with van der Waals surface area (Å²) in [7, 11) is 4.32. The van der Waals surface area contributed by atoms with E-state index in [2.05, 4.69) is 23.9 Å². The van der Waals surface area contributed by atoms with Crippen LogP contribution in [0.4, 0.5) is 0 Å². The Kier molecular flexibility index (Phi) is 5.59. The number of nitrogen functional groups attached to an aromatic ring is 1. The fourth-order valence-electron chi connectivity index (χ4n) is 2.68. The summed E-state index contributed by atoms with van der Waals surface area (Å²) in [5, 5.41) is 7.35. The number of nitrogens with one attached hydrogen (secondary N) is 1. The van der Waals surface area contributed by atoms with Crippen molar-refractivity contribution >= 4 is 5.84 Å². The molecule has 5 heteroatoms. The van der Waals surface area contributed by atoms with Gasteiger partial charge in [-0.1, -0.05) is 0 Å². The second-order valence-electron chi connectivity index (χ2n) is 5.82. The van der Waals surface area contributed by atoms with Gasteiger partial charge in [-0.25, -0.2) is 0 Å². The molecule has 0 unspecified atom stereocenters. The Morgan fingerprint density at radius 3 is 2.43 bits per heavy atom. The van der Waals surface area contributed by atoms with Gasteiger partial charge in [0.2, 0.25) is 0 Å². The van der Waals surface area contributed by atoms with Gasteiger partial charge in [-0.2, -0.15) is 0 Å². The van der Waals surface area contributed by atoms with Crippen molar-refractivity contribution in [3.8, 4) is 5.75 Å². The molecule has 0 aromatic heterocycles. The van der Waals surface area contributed by atoms with Crippen LogP contribution < -0.4 is 10.5 Å². The molecule has 0 aliphatic carbocycles.